The van der Waals surface area contributed by atoms with E-state index < -0.39 is 0 Å². The number of pyridine rings is 3. The highest BCUT2D eigenvalue weighted by molar-refractivity contribution is 6.29. The Hall–Kier alpha value is -3.44. The fourth-order valence-corrected chi connectivity index (χ4v) is 3.46. The second kappa shape index (κ2) is 7.89. The minimum atomic E-state index is -0.231. The maximum atomic E-state index is 12.9. The lowest BCUT2D eigenvalue weighted by Crippen LogP contribution is -2.10. The number of aryl methyl sites for hydroxylation is 1. The summed E-state index contributed by atoms with van der Waals surface area (Å²) in [7, 11) is 0. The molecule has 0 radical (unpaired) electrons. The van der Waals surface area contributed by atoms with Crippen molar-refractivity contribution in [3.05, 3.63) is 88.5 Å². The van der Waals surface area contributed by atoms with Crippen LogP contribution in [0.2, 0.25) is 5.15 Å². The molecule has 6 heteroatoms. The lowest BCUT2D eigenvalue weighted by molar-refractivity contribution is 0.359. The van der Waals surface area contributed by atoms with Gasteiger partial charge in [-0.1, -0.05) is 54.6 Å². The van der Waals surface area contributed by atoms with Gasteiger partial charge in [0.05, 0.1) is 11.1 Å². The van der Waals surface area contributed by atoms with Crippen LogP contribution in [0.5, 0.6) is 5.75 Å². The summed E-state index contributed by atoms with van der Waals surface area (Å²) in [5.41, 5.74) is 4.35. The molecule has 0 spiro atoms. The lowest BCUT2D eigenvalue weighted by Gasteiger charge is -2.13. The molecule has 3 aromatic heterocycles. The molecule has 0 unspecified atom stereocenters. The quantitative estimate of drug-likeness (QED) is 0.368. The Labute approximate surface area is 172 Å². The number of benzene rings is 1. The summed E-state index contributed by atoms with van der Waals surface area (Å²) in [5, 5.41) is 0.822. The third-order valence-corrected chi connectivity index (χ3v) is 4.66. The van der Waals surface area contributed by atoms with Crippen molar-refractivity contribution in [1.82, 2.24) is 15.0 Å². The second-order valence-corrected chi connectivity index (χ2v) is 6.94. The van der Waals surface area contributed by atoms with E-state index in [-0.39, 0.29) is 17.8 Å². The number of nitrogens with one attached hydrogen (secondary N) is 1. The number of H-pyrrole nitrogens is 1. The van der Waals surface area contributed by atoms with Crippen LogP contribution in [0, 0.1) is 6.92 Å². The van der Waals surface area contributed by atoms with Crippen LogP contribution >= 0.6 is 11.6 Å². The van der Waals surface area contributed by atoms with Crippen LogP contribution in [0.1, 0.15) is 5.69 Å². The van der Waals surface area contributed by atoms with E-state index in [1.807, 2.05) is 49.4 Å². The Balaban J connectivity index is 2.02. The molecule has 0 amide bonds. The molecule has 0 saturated heterocycles. The fourth-order valence-electron chi connectivity index (χ4n) is 3.20. The number of halogens is 1. The zero-order chi connectivity index (χ0) is 20.4. The average molecular weight is 404 g/mol. The highest BCUT2D eigenvalue weighted by Crippen LogP contribution is 2.33. The predicted molar refractivity (Wildman–Crippen MR) is 116 cm³/mol. The van der Waals surface area contributed by atoms with Crippen molar-refractivity contribution in [1.29, 1.82) is 0 Å². The Bertz CT molecular complexity index is 1250. The van der Waals surface area contributed by atoms with Crippen LogP contribution in [-0.2, 0) is 0 Å². The topological polar surface area (TPSA) is 67.9 Å². The van der Waals surface area contributed by atoms with Gasteiger partial charge in [0.25, 0.3) is 0 Å². The van der Waals surface area contributed by atoms with E-state index >= 15 is 0 Å². The number of ether oxygens (including phenoxy) is 1. The number of rotatable bonds is 5. The Morgan fingerprint density at radius 1 is 1.14 bits per heavy atom. The zero-order valence-corrected chi connectivity index (χ0v) is 16.5. The van der Waals surface area contributed by atoms with Gasteiger partial charge in [0.2, 0.25) is 5.43 Å². The molecule has 0 aliphatic carbocycles. The van der Waals surface area contributed by atoms with Crippen LogP contribution in [-0.4, -0.2) is 21.6 Å². The van der Waals surface area contributed by atoms with Gasteiger partial charge < -0.3 is 9.72 Å². The number of hydrogen-bond acceptors (Lipinski definition) is 4. The minimum absolute atomic E-state index is 0.224. The summed E-state index contributed by atoms with van der Waals surface area (Å²) in [6.45, 7) is 5.74. The summed E-state index contributed by atoms with van der Waals surface area (Å²) in [6, 6.07) is 15.3. The van der Waals surface area contributed by atoms with Crippen molar-refractivity contribution >= 4 is 22.6 Å². The van der Waals surface area contributed by atoms with E-state index in [0.29, 0.717) is 16.2 Å². The molecule has 0 fully saturated rings. The standard InChI is InChI=1S/C23H18ClN3O2/c1-3-9-29-19-13-25-23-18(22(19)28)12-17(16-10-14(2)26-20(24)11-16)21(27-23)15-7-5-4-6-8-15/h3-8,10-13H,1,9H2,2H3,(H,25,27,28). The van der Waals surface area contributed by atoms with Crippen molar-refractivity contribution in [3.63, 3.8) is 0 Å². The number of aromatic nitrogens is 3. The van der Waals surface area contributed by atoms with E-state index in [0.717, 1.165) is 28.1 Å². The summed E-state index contributed by atoms with van der Waals surface area (Å²) in [4.78, 5) is 25.0. The van der Waals surface area contributed by atoms with Gasteiger partial charge >= 0.3 is 0 Å². The van der Waals surface area contributed by atoms with E-state index in [1.54, 1.807) is 12.1 Å². The zero-order valence-electron chi connectivity index (χ0n) is 15.8. The van der Waals surface area contributed by atoms with Crippen LogP contribution in [0.25, 0.3) is 33.4 Å². The summed E-state index contributed by atoms with van der Waals surface area (Å²) < 4.78 is 5.47. The third kappa shape index (κ3) is 3.77. The molecule has 1 N–H and O–H groups in total. The van der Waals surface area contributed by atoms with Gasteiger partial charge in [-0.15, -0.1) is 0 Å². The van der Waals surface area contributed by atoms with E-state index in [9.17, 15) is 4.79 Å². The van der Waals surface area contributed by atoms with Crippen LogP contribution in [0.15, 0.2) is 72.2 Å². The summed E-state index contributed by atoms with van der Waals surface area (Å²) in [6.07, 6.45) is 3.12. The van der Waals surface area contributed by atoms with Crippen molar-refractivity contribution in [2.45, 2.75) is 6.92 Å². The number of hydrogen-bond donors (Lipinski definition) is 1. The monoisotopic (exact) mass is 403 g/mol. The second-order valence-electron chi connectivity index (χ2n) is 6.55. The van der Waals surface area contributed by atoms with Crippen molar-refractivity contribution in [2.75, 3.05) is 6.61 Å². The Morgan fingerprint density at radius 2 is 1.93 bits per heavy atom. The highest BCUT2D eigenvalue weighted by Gasteiger charge is 2.16. The van der Waals surface area contributed by atoms with Gasteiger partial charge in [-0.3, -0.25) is 4.79 Å². The molecule has 0 aliphatic heterocycles. The van der Waals surface area contributed by atoms with E-state index in [1.165, 1.54) is 6.20 Å². The Morgan fingerprint density at radius 3 is 2.66 bits per heavy atom. The van der Waals surface area contributed by atoms with Crippen molar-refractivity contribution in [3.8, 4) is 28.1 Å². The van der Waals surface area contributed by atoms with Gasteiger partial charge in [0.15, 0.2) is 5.75 Å². The van der Waals surface area contributed by atoms with Gasteiger partial charge in [-0.2, -0.15) is 0 Å². The first-order chi connectivity index (χ1) is 14.1. The molecule has 4 aromatic rings. The number of aromatic amines is 1. The first-order valence-corrected chi connectivity index (χ1v) is 9.44. The molecule has 0 aliphatic rings. The molecule has 4 rings (SSSR count). The maximum absolute atomic E-state index is 12.9. The van der Waals surface area contributed by atoms with E-state index in [2.05, 4.69) is 16.5 Å². The van der Waals surface area contributed by atoms with Gasteiger partial charge in [-0.25, -0.2) is 9.97 Å². The van der Waals surface area contributed by atoms with Gasteiger partial charge in [0.1, 0.15) is 17.4 Å². The summed E-state index contributed by atoms with van der Waals surface area (Å²) >= 11 is 6.20. The highest BCUT2D eigenvalue weighted by atomic mass is 35.5. The fraction of sp³-hybridized carbons (Fsp3) is 0.0870. The SMILES string of the molecule is C=CCOc1c[nH]c2nc(-c3ccccc3)c(-c3cc(C)nc(Cl)c3)cc2c1=O. The van der Waals surface area contributed by atoms with Crippen molar-refractivity contribution < 1.29 is 4.74 Å². The predicted octanol–water partition coefficient (Wildman–Crippen LogP) is 5.18. The van der Waals surface area contributed by atoms with Gasteiger partial charge in [0, 0.05) is 23.0 Å². The summed E-state index contributed by atoms with van der Waals surface area (Å²) in [5.74, 6) is 0.224. The lowest BCUT2D eigenvalue weighted by atomic mass is 9.98. The Kier molecular flexibility index (Phi) is 5.14. The van der Waals surface area contributed by atoms with Crippen LogP contribution < -0.4 is 10.2 Å². The van der Waals surface area contributed by atoms with Crippen molar-refractivity contribution in [2.24, 2.45) is 0 Å². The molecule has 1 aromatic carbocycles. The molecule has 144 valence electrons. The smallest absolute Gasteiger partial charge is 0.232 e. The molecule has 0 bridgehead atoms. The normalized spacial score (nSPS) is 10.8. The van der Waals surface area contributed by atoms with Crippen LogP contribution in [0.3, 0.4) is 0 Å². The minimum Gasteiger partial charge on any atom is -0.484 e. The van der Waals surface area contributed by atoms with E-state index in [4.69, 9.17) is 21.3 Å². The third-order valence-electron chi connectivity index (χ3n) is 4.47. The maximum Gasteiger partial charge on any atom is 0.232 e. The molecule has 0 saturated carbocycles. The molecular formula is C23H18ClN3O2. The van der Waals surface area contributed by atoms with Crippen LogP contribution in [0.4, 0.5) is 0 Å². The number of nitrogens with zero attached hydrogens (tertiary/aromatic N) is 2. The largest absolute Gasteiger partial charge is 0.484 e. The molecule has 29 heavy (non-hydrogen) atoms. The first-order valence-electron chi connectivity index (χ1n) is 9.07. The number of fused-ring (bicyclic) bond motifs is 1. The molecular weight excluding hydrogens is 386 g/mol. The first kappa shape index (κ1) is 18.9. The molecule has 5 nitrogen and oxygen atoms in total. The molecule has 0 atom stereocenters. The average Bonchev–Trinajstić information content (AvgIpc) is 2.72. The van der Waals surface area contributed by atoms with Gasteiger partial charge in [-0.05, 0) is 30.7 Å². The molecule has 3 heterocycles.